The van der Waals surface area contributed by atoms with Crippen LogP contribution in [0.4, 0.5) is 0 Å². The highest BCUT2D eigenvalue weighted by atomic mass is 127. The number of carbonyl (C=O) groups is 1. The molecule has 1 aliphatic heterocycles. The predicted octanol–water partition coefficient (Wildman–Crippen LogP) is 6.75. The fourth-order valence-electron chi connectivity index (χ4n) is 4.09. The lowest BCUT2D eigenvalue weighted by atomic mass is 9.93. The molecule has 0 fully saturated rings. The highest BCUT2D eigenvalue weighted by Gasteiger charge is 2.33. The molecule has 0 aromatic heterocycles. The summed E-state index contributed by atoms with van der Waals surface area (Å²) in [4.78, 5) is 12.5. The average molecular weight is 715 g/mol. The minimum Gasteiger partial charge on any atom is -0.496 e. The van der Waals surface area contributed by atoms with Crippen LogP contribution in [0.15, 0.2) is 23.8 Å². The van der Waals surface area contributed by atoms with Crippen molar-refractivity contribution in [2.45, 2.75) is 39.7 Å². The summed E-state index contributed by atoms with van der Waals surface area (Å²) in [5.74, 6) is 1.96. The first kappa shape index (κ1) is 36.6. The molecule has 0 amide bonds. The number of methoxy groups -OCH3 is 2. The maximum Gasteiger partial charge on any atom is 0.342 e. The Morgan fingerprint density at radius 3 is 2.59 bits per heavy atom. The zero-order valence-electron chi connectivity index (χ0n) is 24.1. The van der Waals surface area contributed by atoms with Crippen LogP contribution in [-0.2, 0) is 27.0 Å². The summed E-state index contributed by atoms with van der Waals surface area (Å²) in [6, 6.07) is 0. The van der Waals surface area contributed by atoms with Crippen molar-refractivity contribution >= 4 is 53.5 Å². The summed E-state index contributed by atoms with van der Waals surface area (Å²) in [5.41, 5.74) is 4.34. The molecule has 0 aliphatic carbocycles. The third kappa shape index (κ3) is 13.0. The lowest BCUT2D eigenvalue weighted by Crippen LogP contribution is -2.10. The zero-order chi connectivity index (χ0) is 29.0. The van der Waals surface area contributed by atoms with E-state index in [1.807, 2.05) is 6.92 Å². The van der Waals surface area contributed by atoms with E-state index in [0.29, 0.717) is 33.1 Å². The van der Waals surface area contributed by atoms with E-state index in [9.17, 15) is 9.90 Å². The van der Waals surface area contributed by atoms with Crippen LogP contribution in [0.3, 0.4) is 0 Å². The largest absolute Gasteiger partial charge is 0.496 e. The number of benzene rings is 1. The molecule has 1 aromatic carbocycles. The molecule has 11 heteroatoms. The second-order valence-electron chi connectivity index (χ2n) is 8.92. The normalized spacial score (nSPS) is 14.3. The number of ether oxygens (including phenoxy) is 4. The molecule has 222 valence electrons. The van der Waals surface area contributed by atoms with Crippen LogP contribution in [0.1, 0.15) is 46.8 Å². The Balaban J connectivity index is 0.00000113. The zero-order valence-corrected chi connectivity index (χ0v) is 29.0. The van der Waals surface area contributed by atoms with Gasteiger partial charge in [0.05, 0.1) is 13.7 Å². The van der Waals surface area contributed by atoms with Crippen molar-refractivity contribution in [3.05, 3.63) is 46.1 Å². The molecule has 0 bridgehead atoms. The molecule has 39 heavy (non-hydrogen) atoms. The second-order valence-corrected chi connectivity index (χ2v) is 13.7. The third-order valence-corrected chi connectivity index (χ3v) is 9.13. The second kappa shape index (κ2) is 22.2. The highest BCUT2D eigenvalue weighted by molar-refractivity contribution is 14.2. The number of esters is 1. The molecular formula is C28H45IO7P2S. The van der Waals surface area contributed by atoms with E-state index < -0.39 is 0 Å². The Hall–Kier alpha value is -0.410. The van der Waals surface area contributed by atoms with Crippen LogP contribution in [0.5, 0.6) is 11.5 Å². The maximum absolute atomic E-state index is 12.5. The Bertz CT molecular complexity index is 924. The highest BCUT2D eigenvalue weighted by Crippen LogP contribution is 2.43. The van der Waals surface area contributed by atoms with Gasteiger partial charge < -0.3 is 28.6 Å². The summed E-state index contributed by atoms with van der Waals surface area (Å²) >= 11 is 2.23. The van der Waals surface area contributed by atoms with Crippen LogP contribution in [0.25, 0.3) is 0 Å². The Morgan fingerprint density at radius 2 is 2.00 bits per heavy atom. The smallest absolute Gasteiger partial charge is 0.342 e. The fraction of sp³-hybridized carbons (Fsp3) is 0.607. The number of hydrogen-bond donors (Lipinski definition) is 1. The van der Waals surface area contributed by atoms with Crippen molar-refractivity contribution in [1.29, 1.82) is 0 Å². The molecule has 0 spiro atoms. The topological polar surface area (TPSA) is 83.5 Å². The molecular weight excluding hydrogens is 669 g/mol. The first-order valence-electron chi connectivity index (χ1n) is 13.0. The van der Waals surface area contributed by atoms with E-state index in [1.165, 1.54) is 11.7 Å². The lowest BCUT2D eigenvalue weighted by molar-refractivity contribution is 0.0532. The molecule has 0 radical (unpaired) electrons. The number of aliphatic hydroxyl groups excluding tert-OH is 1. The van der Waals surface area contributed by atoms with Crippen LogP contribution < -0.4 is 9.47 Å². The Labute approximate surface area is 254 Å². The van der Waals surface area contributed by atoms with Gasteiger partial charge in [0.2, 0.25) is 0 Å². The summed E-state index contributed by atoms with van der Waals surface area (Å²) in [6.45, 7) is 8.03. The first-order chi connectivity index (χ1) is 18.9. The third-order valence-electron chi connectivity index (χ3n) is 6.09. The molecule has 3 unspecified atom stereocenters. The van der Waals surface area contributed by atoms with Crippen LogP contribution in [0.2, 0.25) is 0 Å². The predicted molar refractivity (Wildman–Crippen MR) is 176 cm³/mol. The average Bonchev–Trinajstić information content (AvgIpc) is 3.33. The maximum atomic E-state index is 12.5. The van der Waals surface area contributed by atoms with Gasteiger partial charge in [0, 0.05) is 59.3 Å². The number of hydrogen-bond acceptors (Lipinski definition) is 8. The van der Waals surface area contributed by atoms with Gasteiger partial charge in [0.15, 0.2) is 0 Å². The number of aliphatic hydroxyl groups is 1. The number of fused-ring (bicyclic) bond motifs is 1. The first-order valence-corrected chi connectivity index (χ1v) is 19.3. The van der Waals surface area contributed by atoms with E-state index in [4.69, 9.17) is 23.5 Å². The number of allylic oxidation sites excluding steroid dienone is 4. The number of halogens is 1. The SMILES string of the molecule is COCCPC.COPC/C=C/CC(CO)C/C(C)=C/Cc1c(OC)c(C)c2c(c1OCCSI)C(=O)OC2. The molecule has 1 heterocycles. The molecule has 7 nitrogen and oxygen atoms in total. The Morgan fingerprint density at radius 1 is 1.23 bits per heavy atom. The van der Waals surface area contributed by atoms with Gasteiger partial charge in [-0.15, -0.1) is 8.58 Å². The van der Waals surface area contributed by atoms with Crippen molar-refractivity contribution in [3.8, 4) is 11.5 Å². The molecule has 3 atom stereocenters. The summed E-state index contributed by atoms with van der Waals surface area (Å²) < 4.78 is 27.1. The van der Waals surface area contributed by atoms with Gasteiger partial charge in [-0.3, -0.25) is 0 Å². The van der Waals surface area contributed by atoms with E-state index >= 15 is 0 Å². The van der Waals surface area contributed by atoms with Crippen LogP contribution in [-0.4, -0.2) is 77.0 Å². The molecule has 1 aliphatic rings. The quantitative estimate of drug-likeness (QED) is 0.0589. The summed E-state index contributed by atoms with van der Waals surface area (Å²) in [7, 11) is 8.27. The van der Waals surface area contributed by atoms with Gasteiger partial charge in [0.1, 0.15) is 23.7 Å². The summed E-state index contributed by atoms with van der Waals surface area (Å²) in [6.07, 6.45) is 10.7. The number of carbonyl (C=O) groups excluding carboxylic acids is 1. The minimum absolute atomic E-state index is 0.136. The fourth-order valence-corrected chi connectivity index (χ4v) is 5.61. The van der Waals surface area contributed by atoms with E-state index in [-0.39, 0.29) is 25.1 Å². The number of cyclic esters (lactones) is 1. The van der Waals surface area contributed by atoms with E-state index in [1.54, 1.807) is 30.3 Å². The van der Waals surface area contributed by atoms with Gasteiger partial charge in [0.25, 0.3) is 0 Å². The Kier molecular flexibility index (Phi) is 20.9. The molecule has 1 N–H and O–H groups in total. The van der Waals surface area contributed by atoms with Gasteiger partial charge >= 0.3 is 5.97 Å². The van der Waals surface area contributed by atoms with E-state index in [2.05, 4.69) is 53.0 Å². The monoisotopic (exact) mass is 714 g/mol. The number of rotatable bonds is 18. The van der Waals surface area contributed by atoms with Crippen LogP contribution >= 0.6 is 47.5 Å². The minimum atomic E-state index is -0.337. The van der Waals surface area contributed by atoms with Gasteiger partial charge in [-0.25, -0.2) is 4.79 Å². The van der Waals surface area contributed by atoms with Gasteiger partial charge in [-0.05, 0) is 78.6 Å². The van der Waals surface area contributed by atoms with Crippen molar-refractivity contribution in [2.24, 2.45) is 5.92 Å². The molecule has 0 saturated heterocycles. The summed E-state index contributed by atoms with van der Waals surface area (Å²) in [5, 5.41) is 9.80. The lowest BCUT2D eigenvalue weighted by Gasteiger charge is -2.19. The van der Waals surface area contributed by atoms with Gasteiger partial charge in [-0.1, -0.05) is 32.7 Å². The van der Waals surface area contributed by atoms with Gasteiger partial charge in [-0.2, -0.15) is 0 Å². The van der Waals surface area contributed by atoms with Crippen LogP contribution in [0, 0.1) is 12.8 Å². The standard InChI is InChI=1S/C24H34IO6PS.C4H11OP/c1-16(13-18(14-26)7-5-6-11-32-29-4)8-9-19-22(28-3)17(2)20-15-31-24(27)21(20)23(19)30-10-12-33-25;1-5-3-4-6-2/h5-6,8,18,26,32H,7,9-15H2,1-4H3;6H,3-4H2,1-2H3/b6-5+,16-8+;. The van der Waals surface area contributed by atoms with Crippen molar-refractivity contribution < 1.29 is 33.4 Å². The molecule has 1 aromatic rings. The van der Waals surface area contributed by atoms with E-state index in [0.717, 1.165) is 62.4 Å². The van der Waals surface area contributed by atoms with Crippen molar-refractivity contribution in [2.75, 3.05) is 65.9 Å². The molecule has 2 rings (SSSR count). The van der Waals surface area contributed by atoms with Crippen molar-refractivity contribution in [3.63, 3.8) is 0 Å². The molecule has 0 saturated carbocycles. The van der Waals surface area contributed by atoms with Crippen molar-refractivity contribution in [1.82, 2.24) is 0 Å².